The van der Waals surface area contributed by atoms with Gasteiger partial charge in [0.1, 0.15) is 5.78 Å². The van der Waals surface area contributed by atoms with Gasteiger partial charge in [-0.2, -0.15) is 0 Å². The van der Waals surface area contributed by atoms with Crippen molar-refractivity contribution in [2.45, 2.75) is 20.3 Å². The van der Waals surface area contributed by atoms with Crippen LogP contribution in [0.2, 0.25) is 0 Å². The Morgan fingerprint density at radius 2 is 2.36 bits per heavy atom. The van der Waals surface area contributed by atoms with E-state index in [1.54, 1.807) is 0 Å². The van der Waals surface area contributed by atoms with Crippen LogP contribution in [0, 0.1) is 11.8 Å². The summed E-state index contributed by atoms with van der Waals surface area (Å²) < 4.78 is 0. The average molecular weight is 155 g/mol. The maximum atomic E-state index is 11.1. The van der Waals surface area contributed by atoms with Crippen LogP contribution in [-0.4, -0.2) is 18.2 Å². The molecule has 0 bridgehead atoms. The average Bonchev–Trinajstić information content (AvgIpc) is 1.96. The summed E-state index contributed by atoms with van der Waals surface area (Å²) in [7, 11) is 0. The number of carbonyl (C=O) groups is 2. The maximum Gasteiger partial charge on any atom is 0.225 e. The molecule has 1 N–H and O–H groups in total. The number of carbonyl (C=O) groups excluding carboxylic acids is 2. The van der Waals surface area contributed by atoms with Gasteiger partial charge in [0, 0.05) is 18.9 Å². The Morgan fingerprint density at radius 1 is 1.73 bits per heavy atom. The molecule has 3 heteroatoms. The van der Waals surface area contributed by atoms with E-state index in [0.29, 0.717) is 13.0 Å². The van der Waals surface area contributed by atoms with Crippen LogP contribution in [0.1, 0.15) is 20.3 Å². The predicted octanol–water partition coefficient (Wildman–Crippen LogP) is 0.348. The van der Waals surface area contributed by atoms with Crippen molar-refractivity contribution >= 4 is 11.7 Å². The summed E-state index contributed by atoms with van der Waals surface area (Å²) in [5.41, 5.74) is 0. The summed E-state index contributed by atoms with van der Waals surface area (Å²) in [5, 5.41) is 2.61. The van der Waals surface area contributed by atoms with Crippen molar-refractivity contribution in [3.8, 4) is 0 Å². The lowest BCUT2D eigenvalue weighted by molar-refractivity contribution is -0.135. The molecule has 0 spiro atoms. The third kappa shape index (κ3) is 1.79. The van der Waals surface area contributed by atoms with Crippen LogP contribution in [-0.2, 0) is 9.59 Å². The first-order valence-corrected chi connectivity index (χ1v) is 3.91. The van der Waals surface area contributed by atoms with Gasteiger partial charge < -0.3 is 5.32 Å². The van der Waals surface area contributed by atoms with E-state index >= 15 is 0 Å². The summed E-state index contributed by atoms with van der Waals surface area (Å²) in [4.78, 5) is 21.8. The topological polar surface area (TPSA) is 46.2 Å². The van der Waals surface area contributed by atoms with E-state index in [-0.39, 0.29) is 23.5 Å². The fourth-order valence-corrected chi connectivity index (χ4v) is 0.973. The van der Waals surface area contributed by atoms with E-state index in [4.69, 9.17) is 0 Å². The molecule has 0 radical (unpaired) electrons. The van der Waals surface area contributed by atoms with Gasteiger partial charge in [-0.3, -0.25) is 9.59 Å². The quantitative estimate of drug-likeness (QED) is 0.598. The first-order valence-electron chi connectivity index (χ1n) is 3.91. The number of amides is 1. The monoisotopic (exact) mass is 155 g/mol. The van der Waals surface area contributed by atoms with Crippen LogP contribution in [0.4, 0.5) is 0 Å². The summed E-state index contributed by atoms with van der Waals surface area (Å²) >= 11 is 0. The van der Waals surface area contributed by atoms with Crippen molar-refractivity contribution in [2.75, 3.05) is 6.54 Å². The van der Waals surface area contributed by atoms with Crippen LogP contribution in [0.15, 0.2) is 0 Å². The van der Waals surface area contributed by atoms with Gasteiger partial charge in [-0.1, -0.05) is 13.8 Å². The number of ketones is 1. The Labute approximate surface area is 66.2 Å². The second kappa shape index (κ2) is 3.03. The van der Waals surface area contributed by atoms with Crippen LogP contribution < -0.4 is 5.32 Å². The number of nitrogens with one attached hydrogen (secondary N) is 1. The zero-order chi connectivity index (χ0) is 8.43. The minimum absolute atomic E-state index is 0.0269. The molecule has 1 heterocycles. The van der Waals surface area contributed by atoms with Crippen LogP contribution in [0.5, 0.6) is 0 Å². The minimum atomic E-state index is -0.0371. The van der Waals surface area contributed by atoms with E-state index in [0.717, 1.165) is 0 Å². The Kier molecular flexibility index (Phi) is 2.27. The highest BCUT2D eigenvalue weighted by atomic mass is 16.2. The van der Waals surface area contributed by atoms with E-state index in [9.17, 15) is 9.59 Å². The Bertz CT molecular complexity index is 187. The van der Waals surface area contributed by atoms with Crippen molar-refractivity contribution in [3.05, 3.63) is 0 Å². The predicted molar refractivity (Wildman–Crippen MR) is 41.0 cm³/mol. The lowest BCUT2D eigenvalue weighted by atomic mass is 9.92. The molecule has 0 unspecified atom stereocenters. The standard InChI is InChI=1S/C8H13NO2/c1-5(2)7(10)3-6-4-9-8(6)11/h5-6H,3-4H2,1-2H3,(H,9,11)/t6-/m0/s1. The number of rotatable bonds is 3. The fourth-order valence-electron chi connectivity index (χ4n) is 0.973. The van der Waals surface area contributed by atoms with Crippen molar-refractivity contribution in [3.63, 3.8) is 0 Å². The van der Waals surface area contributed by atoms with Crippen LogP contribution >= 0.6 is 0 Å². The molecule has 0 aliphatic carbocycles. The molecule has 62 valence electrons. The van der Waals surface area contributed by atoms with Gasteiger partial charge in [0.2, 0.25) is 5.91 Å². The highest BCUT2D eigenvalue weighted by Crippen LogP contribution is 2.13. The molecule has 0 aromatic heterocycles. The number of Topliss-reactive ketones (excluding diaryl/α,β-unsaturated/α-hetero) is 1. The largest absolute Gasteiger partial charge is 0.355 e. The highest BCUT2D eigenvalue weighted by molar-refractivity contribution is 5.91. The Balaban J connectivity index is 2.31. The third-order valence-electron chi connectivity index (χ3n) is 1.99. The lowest BCUT2D eigenvalue weighted by Crippen LogP contribution is -2.49. The molecule has 0 aromatic carbocycles. The first kappa shape index (κ1) is 8.24. The van der Waals surface area contributed by atoms with Gasteiger partial charge >= 0.3 is 0 Å². The van der Waals surface area contributed by atoms with E-state index in [2.05, 4.69) is 5.32 Å². The van der Waals surface area contributed by atoms with E-state index in [1.807, 2.05) is 13.8 Å². The summed E-state index contributed by atoms with van der Waals surface area (Å²) in [5.74, 6) is 0.233. The zero-order valence-electron chi connectivity index (χ0n) is 6.89. The maximum absolute atomic E-state index is 11.1. The lowest BCUT2D eigenvalue weighted by Gasteiger charge is -2.25. The molecule has 0 saturated carbocycles. The second-order valence-corrected chi connectivity index (χ2v) is 3.27. The molecule has 11 heavy (non-hydrogen) atoms. The van der Waals surface area contributed by atoms with Crippen molar-refractivity contribution in [1.29, 1.82) is 0 Å². The molecular formula is C8H13NO2. The third-order valence-corrected chi connectivity index (χ3v) is 1.99. The molecule has 1 aliphatic heterocycles. The van der Waals surface area contributed by atoms with Gasteiger partial charge in [-0.25, -0.2) is 0 Å². The SMILES string of the molecule is CC(C)C(=O)C[C@H]1CNC1=O. The Morgan fingerprint density at radius 3 is 2.64 bits per heavy atom. The molecular weight excluding hydrogens is 142 g/mol. The van der Waals surface area contributed by atoms with Crippen LogP contribution in [0.3, 0.4) is 0 Å². The molecule has 1 fully saturated rings. The van der Waals surface area contributed by atoms with Gasteiger partial charge in [-0.15, -0.1) is 0 Å². The normalized spacial score (nSPS) is 22.8. The fraction of sp³-hybridized carbons (Fsp3) is 0.750. The zero-order valence-corrected chi connectivity index (χ0v) is 6.89. The van der Waals surface area contributed by atoms with Gasteiger partial charge in [0.25, 0.3) is 0 Å². The summed E-state index contributed by atoms with van der Waals surface area (Å²) in [6.45, 7) is 4.40. The molecule has 1 atom stereocenters. The molecule has 1 aliphatic rings. The van der Waals surface area contributed by atoms with Gasteiger partial charge in [-0.05, 0) is 0 Å². The number of β-lactam (4-membered cyclic amide) rings is 1. The molecule has 0 aromatic rings. The summed E-state index contributed by atoms with van der Waals surface area (Å²) in [6, 6.07) is 0. The Hall–Kier alpha value is -0.860. The first-order chi connectivity index (χ1) is 5.11. The molecule has 1 rings (SSSR count). The number of hydrogen-bond acceptors (Lipinski definition) is 2. The second-order valence-electron chi connectivity index (χ2n) is 3.27. The molecule has 3 nitrogen and oxygen atoms in total. The van der Waals surface area contributed by atoms with Crippen molar-refractivity contribution in [2.24, 2.45) is 11.8 Å². The number of hydrogen-bond donors (Lipinski definition) is 1. The molecule has 1 amide bonds. The van der Waals surface area contributed by atoms with Crippen molar-refractivity contribution < 1.29 is 9.59 Å². The highest BCUT2D eigenvalue weighted by Gasteiger charge is 2.29. The van der Waals surface area contributed by atoms with Gasteiger partial charge in [0.15, 0.2) is 0 Å². The minimum Gasteiger partial charge on any atom is -0.355 e. The van der Waals surface area contributed by atoms with Crippen molar-refractivity contribution in [1.82, 2.24) is 5.32 Å². The van der Waals surface area contributed by atoms with E-state index < -0.39 is 0 Å². The molecule has 1 saturated heterocycles. The smallest absolute Gasteiger partial charge is 0.225 e. The van der Waals surface area contributed by atoms with Crippen LogP contribution in [0.25, 0.3) is 0 Å². The van der Waals surface area contributed by atoms with Gasteiger partial charge in [0.05, 0.1) is 5.92 Å². The van der Waals surface area contributed by atoms with E-state index in [1.165, 1.54) is 0 Å². The summed E-state index contributed by atoms with van der Waals surface area (Å²) in [6.07, 6.45) is 0.420.